The highest BCUT2D eigenvalue weighted by Gasteiger charge is 2.75. The fourth-order valence-corrected chi connectivity index (χ4v) is 5.46. The predicted molar refractivity (Wildman–Crippen MR) is 61.7 cm³/mol. The van der Waals surface area contributed by atoms with Gasteiger partial charge < -0.3 is 5.32 Å². The first kappa shape index (κ1) is 9.04. The lowest BCUT2D eigenvalue weighted by Gasteiger charge is -2.28. The first-order chi connectivity index (χ1) is 7.36. The van der Waals surface area contributed by atoms with E-state index in [2.05, 4.69) is 5.32 Å². The highest BCUT2D eigenvalue weighted by Crippen LogP contribution is 2.74. The molecule has 1 N–H and O–H groups in total. The fourth-order valence-electron chi connectivity index (χ4n) is 5.46. The van der Waals surface area contributed by atoms with Gasteiger partial charge in [-0.3, -0.25) is 0 Å². The fraction of sp³-hybridized carbons (Fsp3) is 1.00. The first-order valence-electron chi connectivity index (χ1n) is 7.14. The molecule has 4 unspecified atom stereocenters. The van der Waals surface area contributed by atoms with E-state index in [4.69, 9.17) is 0 Å². The summed E-state index contributed by atoms with van der Waals surface area (Å²) in [7, 11) is 0. The van der Waals surface area contributed by atoms with E-state index in [1.54, 1.807) is 19.3 Å². The van der Waals surface area contributed by atoms with Crippen molar-refractivity contribution < 1.29 is 0 Å². The molecular formula is C14H23N. The average molecular weight is 205 g/mol. The van der Waals surface area contributed by atoms with Crippen LogP contribution < -0.4 is 5.32 Å². The molecule has 0 aromatic carbocycles. The van der Waals surface area contributed by atoms with E-state index in [-0.39, 0.29) is 0 Å². The largest absolute Gasteiger partial charge is 0.308 e. The van der Waals surface area contributed by atoms with Gasteiger partial charge >= 0.3 is 0 Å². The summed E-state index contributed by atoms with van der Waals surface area (Å²) < 4.78 is 0. The molecule has 4 rings (SSSR count). The van der Waals surface area contributed by atoms with Gasteiger partial charge in [0, 0.05) is 11.6 Å². The Balaban J connectivity index is 1.67. The summed E-state index contributed by atoms with van der Waals surface area (Å²) >= 11 is 0. The van der Waals surface area contributed by atoms with Gasteiger partial charge in [0.1, 0.15) is 0 Å². The zero-order valence-electron chi connectivity index (χ0n) is 9.73. The van der Waals surface area contributed by atoms with Crippen LogP contribution in [0.1, 0.15) is 64.2 Å². The smallest absolute Gasteiger partial charge is 0.0250 e. The number of nitrogens with one attached hydrogen (secondary N) is 1. The van der Waals surface area contributed by atoms with Gasteiger partial charge in [-0.25, -0.2) is 0 Å². The van der Waals surface area contributed by atoms with E-state index >= 15 is 0 Å². The molecule has 1 heteroatoms. The van der Waals surface area contributed by atoms with Gasteiger partial charge in [0.25, 0.3) is 0 Å². The van der Waals surface area contributed by atoms with Crippen molar-refractivity contribution in [2.45, 2.75) is 75.8 Å². The van der Waals surface area contributed by atoms with E-state index in [9.17, 15) is 0 Å². The molecule has 0 bridgehead atoms. The number of piperidine rings is 1. The lowest BCUT2D eigenvalue weighted by Crippen LogP contribution is -2.37. The third-order valence-corrected chi connectivity index (χ3v) is 6.11. The summed E-state index contributed by atoms with van der Waals surface area (Å²) in [5.74, 6) is 1.07. The molecule has 1 saturated heterocycles. The molecule has 15 heavy (non-hydrogen) atoms. The van der Waals surface area contributed by atoms with Gasteiger partial charge in [-0.15, -0.1) is 0 Å². The van der Waals surface area contributed by atoms with Crippen LogP contribution in [0.25, 0.3) is 0 Å². The van der Waals surface area contributed by atoms with E-state index < -0.39 is 0 Å². The molecule has 4 fully saturated rings. The Kier molecular flexibility index (Phi) is 1.68. The normalized spacial score (nSPS) is 57.6. The molecule has 0 spiro atoms. The number of hydrogen-bond acceptors (Lipinski definition) is 1. The molecular weight excluding hydrogens is 182 g/mol. The van der Waals surface area contributed by atoms with Crippen molar-refractivity contribution in [1.82, 2.24) is 5.32 Å². The number of fused-ring (bicyclic) bond motifs is 1. The maximum atomic E-state index is 4.08. The van der Waals surface area contributed by atoms with Crippen molar-refractivity contribution in [3.05, 3.63) is 0 Å². The maximum Gasteiger partial charge on any atom is 0.0250 e. The van der Waals surface area contributed by atoms with Gasteiger partial charge in [0.15, 0.2) is 0 Å². The second-order valence-electron chi connectivity index (χ2n) is 6.62. The summed E-state index contributed by atoms with van der Waals surface area (Å²) in [5.41, 5.74) is 1.47. The molecule has 4 aliphatic rings. The molecule has 0 amide bonds. The zero-order chi connectivity index (χ0) is 9.93. The minimum Gasteiger partial charge on any atom is -0.308 e. The molecule has 1 aliphatic heterocycles. The van der Waals surface area contributed by atoms with Gasteiger partial charge in [-0.05, 0) is 43.4 Å². The lowest BCUT2D eigenvalue weighted by atomic mass is 9.75. The standard InChI is InChI=1S/C14H23N/c1-2-6-11-12(7-3-1)15-14-9-5-4-8-13(11,14)10-14/h11-12,15H,1-10H2. The van der Waals surface area contributed by atoms with E-state index in [1.165, 1.54) is 44.9 Å². The molecule has 3 aliphatic carbocycles. The first-order valence-corrected chi connectivity index (χ1v) is 7.14. The minimum absolute atomic E-state index is 0.665. The van der Waals surface area contributed by atoms with Crippen molar-refractivity contribution in [3.8, 4) is 0 Å². The number of rotatable bonds is 0. The van der Waals surface area contributed by atoms with Crippen LogP contribution in [0.4, 0.5) is 0 Å². The summed E-state index contributed by atoms with van der Waals surface area (Å²) in [6, 6.07) is 0.916. The van der Waals surface area contributed by atoms with Crippen LogP contribution in [0.2, 0.25) is 0 Å². The van der Waals surface area contributed by atoms with Crippen LogP contribution in [0.3, 0.4) is 0 Å². The molecule has 0 aromatic rings. The van der Waals surface area contributed by atoms with Crippen molar-refractivity contribution >= 4 is 0 Å². The van der Waals surface area contributed by atoms with Crippen molar-refractivity contribution in [2.75, 3.05) is 0 Å². The molecule has 4 atom stereocenters. The quantitative estimate of drug-likeness (QED) is 0.640. The van der Waals surface area contributed by atoms with Gasteiger partial charge in [0.2, 0.25) is 0 Å². The maximum absolute atomic E-state index is 4.08. The van der Waals surface area contributed by atoms with Crippen molar-refractivity contribution in [2.24, 2.45) is 11.3 Å². The topological polar surface area (TPSA) is 12.0 Å². The highest BCUT2D eigenvalue weighted by molar-refractivity contribution is 5.31. The van der Waals surface area contributed by atoms with Crippen molar-refractivity contribution in [1.29, 1.82) is 0 Å². The zero-order valence-corrected chi connectivity index (χ0v) is 9.73. The molecule has 0 radical (unpaired) electrons. The lowest BCUT2D eigenvalue weighted by molar-refractivity contribution is 0.234. The summed E-state index contributed by atoms with van der Waals surface area (Å²) in [5, 5.41) is 4.08. The van der Waals surface area contributed by atoms with E-state index in [0.29, 0.717) is 5.54 Å². The Morgan fingerprint density at radius 2 is 1.73 bits per heavy atom. The highest BCUT2D eigenvalue weighted by atomic mass is 15.2. The van der Waals surface area contributed by atoms with Gasteiger partial charge in [0.05, 0.1) is 0 Å². The second kappa shape index (κ2) is 2.80. The Morgan fingerprint density at radius 1 is 0.867 bits per heavy atom. The molecule has 84 valence electrons. The van der Waals surface area contributed by atoms with E-state index in [0.717, 1.165) is 17.4 Å². The second-order valence-corrected chi connectivity index (χ2v) is 6.62. The number of hydrogen-bond donors (Lipinski definition) is 1. The SMILES string of the molecule is C1CCC2NC34CCCCC3(C4)C2CC1. The summed E-state index contributed by atoms with van der Waals surface area (Å²) in [4.78, 5) is 0. The van der Waals surface area contributed by atoms with Crippen LogP contribution in [0, 0.1) is 11.3 Å². The average Bonchev–Trinajstić information content (AvgIpc) is 2.90. The van der Waals surface area contributed by atoms with Crippen LogP contribution >= 0.6 is 0 Å². The monoisotopic (exact) mass is 205 g/mol. The Labute approximate surface area is 93.0 Å². The third-order valence-electron chi connectivity index (χ3n) is 6.11. The van der Waals surface area contributed by atoms with Crippen LogP contribution in [-0.4, -0.2) is 11.6 Å². The van der Waals surface area contributed by atoms with Gasteiger partial charge in [-0.1, -0.05) is 32.1 Å². The van der Waals surface area contributed by atoms with Crippen molar-refractivity contribution in [3.63, 3.8) is 0 Å². The molecule has 1 nitrogen and oxygen atoms in total. The Hall–Kier alpha value is -0.0400. The predicted octanol–water partition coefficient (Wildman–Crippen LogP) is 3.24. The molecule has 0 aromatic heterocycles. The summed E-state index contributed by atoms with van der Waals surface area (Å²) in [6.45, 7) is 0. The van der Waals surface area contributed by atoms with Crippen LogP contribution in [0.15, 0.2) is 0 Å². The Morgan fingerprint density at radius 3 is 2.73 bits per heavy atom. The Bertz CT molecular complexity index is 283. The minimum atomic E-state index is 0.665. The van der Waals surface area contributed by atoms with Crippen LogP contribution in [0.5, 0.6) is 0 Å². The third kappa shape index (κ3) is 0.988. The molecule has 1 heterocycles. The molecule has 3 saturated carbocycles. The summed E-state index contributed by atoms with van der Waals surface area (Å²) in [6.07, 6.45) is 15.1. The van der Waals surface area contributed by atoms with Gasteiger partial charge in [-0.2, -0.15) is 0 Å². The van der Waals surface area contributed by atoms with Crippen LogP contribution in [-0.2, 0) is 0 Å². The van der Waals surface area contributed by atoms with E-state index in [1.807, 2.05) is 0 Å².